The molecule has 6 heteroatoms. The fourth-order valence-electron chi connectivity index (χ4n) is 3.92. The molecule has 6 nitrogen and oxygen atoms in total. The van der Waals surface area contributed by atoms with E-state index in [9.17, 15) is 9.59 Å². The van der Waals surface area contributed by atoms with Crippen LogP contribution < -0.4 is 5.32 Å². The molecule has 1 saturated heterocycles. The second kappa shape index (κ2) is 10.1. The highest BCUT2D eigenvalue weighted by atomic mass is 16.6. The minimum Gasteiger partial charge on any atom is -0.444 e. The van der Waals surface area contributed by atoms with Crippen molar-refractivity contribution in [2.24, 2.45) is 5.92 Å². The van der Waals surface area contributed by atoms with Crippen LogP contribution in [0.2, 0.25) is 0 Å². The second-order valence-electron chi connectivity index (χ2n) is 8.97. The van der Waals surface area contributed by atoms with Gasteiger partial charge in [-0.05, 0) is 52.5 Å². The van der Waals surface area contributed by atoms with Crippen LogP contribution in [0.1, 0.15) is 53.0 Å². The number of rotatable bonds is 7. The first-order valence-electron chi connectivity index (χ1n) is 10.5. The molecule has 0 aliphatic carbocycles. The van der Waals surface area contributed by atoms with E-state index in [0.29, 0.717) is 6.54 Å². The number of likely N-dealkylation sites (tertiary alicyclic amines) is 1. The van der Waals surface area contributed by atoms with Crippen molar-refractivity contribution in [3.8, 4) is 0 Å². The van der Waals surface area contributed by atoms with E-state index in [1.54, 1.807) is 12.0 Å². The Kier molecular flexibility index (Phi) is 8.08. The van der Waals surface area contributed by atoms with Gasteiger partial charge in [0.25, 0.3) is 0 Å². The summed E-state index contributed by atoms with van der Waals surface area (Å²) in [6.45, 7) is 10.1. The zero-order valence-electron chi connectivity index (χ0n) is 18.6. The minimum atomic E-state index is -0.553. The first kappa shape index (κ1) is 23.2. The summed E-state index contributed by atoms with van der Waals surface area (Å²) in [5.74, 6) is -0.442. The molecule has 1 heterocycles. The third-order valence-corrected chi connectivity index (χ3v) is 5.26. The molecule has 0 radical (unpaired) electrons. The third-order valence-electron chi connectivity index (χ3n) is 5.26. The first-order valence-corrected chi connectivity index (χ1v) is 10.5. The average molecular weight is 405 g/mol. The number of carbonyl (C=O) groups excluding carboxylic acids is 2. The Bertz CT molecular complexity index is 671. The number of nitrogens with one attached hydrogen (secondary N) is 1. The molecule has 2 rings (SSSR count). The molecular weight excluding hydrogens is 368 g/mol. The lowest BCUT2D eigenvalue weighted by atomic mass is 9.94. The largest absolute Gasteiger partial charge is 0.444 e. The van der Waals surface area contributed by atoms with Crippen LogP contribution in [0.5, 0.6) is 0 Å². The molecule has 1 fully saturated rings. The van der Waals surface area contributed by atoms with E-state index < -0.39 is 5.60 Å². The van der Waals surface area contributed by atoms with Gasteiger partial charge in [-0.25, -0.2) is 4.79 Å². The number of ether oxygens (including phenoxy) is 2. The van der Waals surface area contributed by atoms with Gasteiger partial charge in [0.05, 0.1) is 18.1 Å². The van der Waals surface area contributed by atoms with Gasteiger partial charge in [-0.2, -0.15) is 0 Å². The Hall–Kier alpha value is -2.08. The summed E-state index contributed by atoms with van der Waals surface area (Å²) in [6.07, 6.45) is 1.73. The highest BCUT2D eigenvalue weighted by molar-refractivity contribution is 5.79. The van der Waals surface area contributed by atoms with Gasteiger partial charge in [-0.15, -0.1) is 0 Å². The molecule has 0 bridgehead atoms. The maximum atomic E-state index is 12.9. The molecular formula is C23H36N2O4. The van der Waals surface area contributed by atoms with Crippen LogP contribution in [-0.4, -0.2) is 54.3 Å². The van der Waals surface area contributed by atoms with E-state index in [0.717, 1.165) is 19.3 Å². The van der Waals surface area contributed by atoms with E-state index in [2.05, 4.69) is 17.4 Å². The smallest absolute Gasteiger partial charge is 0.410 e. The first-order chi connectivity index (χ1) is 13.6. The van der Waals surface area contributed by atoms with Gasteiger partial charge in [0.15, 0.2) is 0 Å². The quantitative estimate of drug-likeness (QED) is 0.751. The van der Waals surface area contributed by atoms with Gasteiger partial charge in [-0.3, -0.25) is 4.79 Å². The van der Waals surface area contributed by atoms with Crippen LogP contribution in [0.3, 0.4) is 0 Å². The SMILES string of the molecule is CO[C@H]([C@@H](C)C(=O)N[C@@H](C)Cc1ccccc1)[C@@H]1CCCN1C(=O)OC(C)(C)C. The molecule has 1 aliphatic rings. The maximum Gasteiger partial charge on any atom is 0.410 e. The summed E-state index contributed by atoms with van der Waals surface area (Å²) < 4.78 is 11.3. The Balaban J connectivity index is 1.99. The van der Waals surface area contributed by atoms with Crippen molar-refractivity contribution < 1.29 is 19.1 Å². The molecule has 1 aliphatic heterocycles. The normalized spacial score (nSPS) is 20.1. The Morgan fingerprint density at radius 2 is 1.86 bits per heavy atom. The number of hydrogen-bond donors (Lipinski definition) is 1. The molecule has 29 heavy (non-hydrogen) atoms. The van der Waals surface area contributed by atoms with Crippen molar-refractivity contribution in [2.75, 3.05) is 13.7 Å². The fourth-order valence-corrected chi connectivity index (χ4v) is 3.92. The van der Waals surface area contributed by atoms with Crippen molar-refractivity contribution in [2.45, 2.75) is 77.7 Å². The lowest BCUT2D eigenvalue weighted by Crippen LogP contribution is -2.51. The van der Waals surface area contributed by atoms with Crippen LogP contribution in [0.25, 0.3) is 0 Å². The standard InChI is InChI=1S/C23H36N2O4/c1-16(15-18-11-8-7-9-12-18)24-21(26)17(2)20(28-6)19-13-10-14-25(19)22(27)29-23(3,4)5/h7-9,11-12,16-17,19-20H,10,13-15H2,1-6H3,(H,24,26)/t16-,17+,19-,20+/m0/s1. The van der Waals surface area contributed by atoms with Crippen LogP contribution in [0.4, 0.5) is 4.79 Å². The predicted molar refractivity (Wildman–Crippen MR) is 114 cm³/mol. The Morgan fingerprint density at radius 1 is 1.21 bits per heavy atom. The molecule has 1 aromatic carbocycles. The van der Waals surface area contributed by atoms with Crippen molar-refractivity contribution in [1.29, 1.82) is 0 Å². The zero-order valence-corrected chi connectivity index (χ0v) is 18.6. The number of carbonyl (C=O) groups is 2. The molecule has 0 spiro atoms. The molecule has 2 amide bonds. The van der Waals surface area contributed by atoms with Gasteiger partial charge in [-0.1, -0.05) is 37.3 Å². The van der Waals surface area contributed by atoms with E-state index in [-0.39, 0.29) is 36.1 Å². The lowest BCUT2D eigenvalue weighted by molar-refractivity contribution is -0.131. The Morgan fingerprint density at radius 3 is 2.45 bits per heavy atom. The maximum absolute atomic E-state index is 12.9. The van der Waals surface area contributed by atoms with E-state index in [1.807, 2.05) is 52.8 Å². The molecule has 1 aromatic rings. The number of amides is 2. The zero-order chi connectivity index (χ0) is 21.6. The minimum absolute atomic E-state index is 0.00962. The van der Waals surface area contributed by atoms with Crippen molar-refractivity contribution in [1.82, 2.24) is 10.2 Å². The van der Waals surface area contributed by atoms with Crippen LogP contribution in [0.15, 0.2) is 30.3 Å². The van der Waals surface area contributed by atoms with Gasteiger partial charge in [0.2, 0.25) is 5.91 Å². The third kappa shape index (κ3) is 6.74. The highest BCUT2D eigenvalue weighted by Gasteiger charge is 2.41. The summed E-state index contributed by atoms with van der Waals surface area (Å²) in [5, 5.41) is 3.10. The van der Waals surface area contributed by atoms with E-state index in [1.165, 1.54) is 5.56 Å². The van der Waals surface area contributed by atoms with Gasteiger partial charge >= 0.3 is 6.09 Å². The number of benzene rings is 1. The summed E-state index contributed by atoms with van der Waals surface area (Å²) in [4.78, 5) is 27.2. The van der Waals surface area contributed by atoms with E-state index >= 15 is 0 Å². The average Bonchev–Trinajstić information content (AvgIpc) is 3.11. The molecule has 162 valence electrons. The summed E-state index contributed by atoms with van der Waals surface area (Å²) in [5.41, 5.74) is 0.631. The number of methoxy groups -OCH3 is 1. The van der Waals surface area contributed by atoms with Crippen molar-refractivity contribution in [3.05, 3.63) is 35.9 Å². The van der Waals surface area contributed by atoms with Crippen molar-refractivity contribution in [3.63, 3.8) is 0 Å². The molecule has 0 aromatic heterocycles. The molecule has 0 unspecified atom stereocenters. The molecule has 4 atom stereocenters. The monoisotopic (exact) mass is 404 g/mol. The topological polar surface area (TPSA) is 67.9 Å². The van der Waals surface area contributed by atoms with Gasteiger partial charge < -0.3 is 19.7 Å². The molecule has 0 saturated carbocycles. The molecule has 1 N–H and O–H groups in total. The van der Waals surface area contributed by atoms with E-state index in [4.69, 9.17) is 9.47 Å². The van der Waals surface area contributed by atoms with Crippen molar-refractivity contribution >= 4 is 12.0 Å². The fraction of sp³-hybridized carbons (Fsp3) is 0.652. The summed E-state index contributed by atoms with van der Waals surface area (Å²) in [7, 11) is 1.60. The van der Waals surface area contributed by atoms with Crippen LogP contribution in [-0.2, 0) is 20.7 Å². The summed E-state index contributed by atoms with van der Waals surface area (Å²) >= 11 is 0. The lowest BCUT2D eigenvalue weighted by Gasteiger charge is -2.35. The van der Waals surface area contributed by atoms with Crippen LogP contribution >= 0.6 is 0 Å². The number of nitrogens with zero attached hydrogens (tertiary/aromatic N) is 1. The van der Waals surface area contributed by atoms with Gasteiger partial charge in [0, 0.05) is 19.7 Å². The predicted octanol–water partition coefficient (Wildman–Crippen LogP) is 3.78. The summed E-state index contributed by atoms with van der Waals surface area (Å²) in [6, 6.07) is 9.94. The highest BCUT2D eigenvalue weighted by Crippen LogP contribution is 2.28. The van der Waals surface area contributed by atoms with Gasteiger partial charge in [0.1, 0.15) is 5.60 Å². The van der Waals surface area contributed by atoms with Crippen LogP contribution in [0, 0.1) is 5.92 Å². The number of hydrogen-bond acceptors (Lipinski definition) is 4. The second-order valence-corrected chi connectivity index (χ2v) is 8.97. The Labute approximate surface area is 174 Å².